The first-order chi connectivity index (χ1) is 7.84. The van der Waals surface area contributed by atoms with Crippen LogP contribution in [-0.4, -0.2) is 25.1 Å². The molecule has 0 aliphatic carbocycles. The van der Waals surface area contributed by atoms with Crippen LogP contribution in [0.2, 0.25) is 0 Å². The van der Waals surface area contributed by atoms with E-state index in [1.54, 1.807) is 0 Å². The predicted octanol–water partition coefficient (Wildman–Crippen LogP) is 0.570. The summed E-state index contributed by atoms with van der Waals surface area (Å²) in [5.74, 6) is -0.417. The van der Waals surface area contributed by atoms with Crippen LogP contribution in [-0.2, 0) is 4.74 Å². The standard InChI is InChI=1S/C10H14F3N3O/c11-10(12,13)8-3-7(14)4-16-9(8,15)6-1-2-17-5-6/h3-4,6,16H,1-2,5,14-15H2. The maximum Gasteiger partial charge on any atom is 0.416 e. The molecule has 0 aromatic rings. The van der Waals surface area contributed by atoms with Crippen LogP contribution < -0.4 is 16.8 Å². The van der Waals surface area contributed by atoms with Gasteiger partial charge in [0, 0.05) is 24.4 Å². The summed E-state index contributed by atoms with van der Waals surface area (Å²) >= 11 is 0. The molecule has 1 saturated heterocycles. The number of hydrogen-bond donors (Lipinski definition) is 3. The monoisotopic (exact) mass is 249 g/mol. The van der Waals surface area contributed by atoms with E-state index in [4.69, 9.17) is 16.2 Å². The topological polar surface area (TPSA) is 73.3 Å². The Morgan fingerprint density at radius 1 is 1.47 bits per heavy atom. The Morgan fingerprint density at radius 3 is 2.71 bits per heavy atom. The molecule has 2 unspecified atom stereocenters. The van der Waals surface area contributed by atoms with Crippen LogP contribution in [0.5, 0.6) is 0 Å². The molecule has 0 aromatic heterocycles. The van der Waals surface area contributed by atoms with Gasteiger partial charge in [-0.05, 0) is 12.5 Å². The van der Waals surface area contributed by atoms with E-state index in [9.17, 15) is 13.2 Å². The van der Waals surface area contributed by atoms with E-state index in [2.05, 4.69) is 5.32 Å². The number of dihydropyridines is 1. The molecule has 2 atom stereocenters. The lowest BCUT2D eigenvalue weighted by atomic mass is 9.83. The lowest BCUT2D eigenvalue weighted by Crippen LogP contribution is -2.62. The van der Waals surface area contributed by atoms with Crippen molar-refractivity contribution in [3.8, 4) is 0 Å². The van der Waals surface area contributed by atoms with Crippen molar-refractivity contribution in [3.63, 3.8) is 0 Å². The molecule has 2 aliphatic heterocycles. The van der Waals surface area contributed by atoms with Gasteiger partial charge in [-0.15, -0.1) is 0 Å². The molecule has 0 spiro atoms. The summed E-state index contributed by atoms with van der Waals surface area (Å²) in [5.41, 5.74) is 8.76. The molecule has 0 amide bonds. The fraction of sp³-hybridized carbons (Fsp3) is 0.600. The van der Waals surface area contributed by atoms with Crippen LogP contribution in [0, 0.1) is 5.92 Å². The molecule has 7 heteroatoms. The smallest absolute Gasteiger partial charge is 0.398 e. The van der Waals surface area contributed by atoms with E-state index in [-0.39, 0.29) is 12.3 Å². The fourth-order valence-corrected chi connectivity index (χ4v) is 2.16. The van der Waals surface area contributed by atoms with Gasteiger partial charge in [0.2, 0.25) is 0 Å². The number of alkyl halides is 3. The highest BCUT2D eigenvalue weighted by molar-refractivity contribution is 5.37. The van der Waals surface area contributed by atoms with Gasteiger partial charge in [-0.1, -0.05) is 0 Å². The Balaban J connectivity index is 2.36. The summed E-state index contributed by atoms with van der Waals surface area (Å²) < 4.78 is 44.0. The highest BCUT2D eigenvalue weighted by atomic mass is 19.4. The summed E-state index contributed by atoms with van der Waals surface area (Å²) in [7, 11) is 0. The van der Waals surface area contributed by atoms with Crippen LogP contribution in [0.4, 0.5) is 13.2 Å². The van der Waals surface area contributed by atoms with Gasteiger partial charge in [0.05, 0.1) is 12.2 Å². The van der Waals surface area contributed by atoms with Gasteiger partial charge >= 0.3 is 6.18 Å². The maximum atomic E-state index is 13.0. The van der Waals surface area contributed by atoms with Crippen molar-refractivity contribution < 1.29 is 17.9 Å². The molecule has 2 aliphatic rings. The van der Waals surface area contributed by atoms with E-state index in [0.717, 1.165) is 6.08 Å². The van der Waals surface area contributed by atoms with E-state index >= 15 is 0 Å². The van der Waals surface area contributed by atoms with Crippen LogP contribution in [0.25, 0.3) is 0 Å². The Kier molecular flexibility index (Phi) is 2.82. The first-order valence-corrected chi connectivity index (χ1v) is 5.23. The number of rotatable bonds is 1. The van der Waals surface area contributed by atoms with Gasteiger partial charge in [-0.25, -0.2) is 0 Å². The van der Waals surface area contributed by atoms with Crippen molar-refractivity contribution in [2.24, 2.45) is 17.4 Å². The third-order valence-corrected chi connectivity index (χ3v) is 3.11. The average molecular weight is 249 g/mol. The van der Waals surface area contributed by atoms with Crippen molar-refractivity contribution in [2.75, 3.05) is 13.2 Å². The van der Waals surface area contributed by atoms with E-state index in [0.29, 0.717) is 13.0 Å². The third kappa shape index (κ3) is 2.12. The Bertz CT molecular complexity index is 371. The largest absolute Gasteiger partial charge is 0.416 e. The first-order valence-electron chi connectivity index (χ1n) is 5.23. The van der Waals surface area contributed by atoms with Gasteiger partial charge in [0.1, 0.15) is 5.66 Å². The minimum absolute atomic E-state index is 0.0114. The molecule has 4 nitrogen and oxygen atoms in total. The third-order valence-electron chi connectivity index (χ3n) is 3.11. The van der Waals surface area contributed by atoms with E-state index in [1.165, 1.54) is 6.20 Å². The number of halogens is 3. The number of nitrogens with one attached hydrogen (secondary N) is 1. The molecule has 0 radical (unpaired) electrons. The lowest BCUT2D eigenvalue weighted by Gasteiger charge is -2.40. The van der Waals surface area contributed by atoms with Crippen LogP contribution in [0.15, 0.2) is 23.5 Å². The van der Waals surface area contributed by atoms with Crippen molar-refractivity contribution in [1.82, 2.24) is 5.32 Å². The second kappa shape index (κ2) is 3.92. The Morgan fingerprint density at radius 2 is 2.18 bits per heavy atom. The molecule has 0 aromatic carbocycles. The summed E-state index contributed by atoms with van der Waals surface area (Å²) in [6, 6.07) is 0. The predicted molar refractivity (Wildman–Crippen MR) is 55.4 cm³/mol. The molecule has 2 rings (SSSR count). The highest BCUT2D eigenvalue weighted by Gasteiger charge is 2.51. The van der Waals surface area contributed by atoms with Gasteiger partial charge in [0.25, 0.3) is 0 Å². The Labute approximate surface area is 96.5 Å². The zero-order chi connectivity index (χ0) is 12.7. The fourth-order valence-electron chi connectivity index (χ4n) is 2.16. The number of allylic oxidation sites excluding steroid dienone is 1. The molecular weight excluding hydrogens is 235 g/mol. The molecule has 96 valence electrons. The van der Waals surface area contributed by atoms with Gasteiger partial charge in [-0.3, -0.25) is 0 Å². The van der Waals surface area contributed by atoms with Gasteiger partial charge < -0.3 is 21.5 Å². The second-order valence-corrected chi connectivity index (χ2v) is 4.27. The van der Waals surface area contributed by atoms with Gasteiger partial charge in [0.15, 0.2) is 0 Å². The minimum atomic E-state index is -4.51. The van der Waals surface area contributed by atoms with Crippen molar-refractivity contribution in [1.29, 1.82) is 0 Å². The van der Waals surface area contributed by atoms with E-state index in [1.807, 2.05) is 0 Å². The zero-order valence-corrected chi connectivity index (χ0v) is 9.05. The molecule has 5 N–H and O–H groups in total. The van der Waals surface area contributed by atoms with Crippen molar-refractivity contribution in [3.05, 3.63) is 23.5 Å². The quantitative estimate of drug-likeness (QED) is 0.635. The van der Waals surface area contributed by atoms with Crippen LogP contribution >= 0.6 is 0 Å². The number of nitrogens with two attached hydrogens (primary N) is 2. The van der Waals surface area contributed by atoms with Crippen LogP contribution in [0.1, 0.15) is 6.42 Å². The summed E-state index contributed by atoms with van der Waals surface area (Å²) in [6.07, 6.45) is -1.84. The Hall–Kier alpha value is -1.21. The first kappa shape index (κ1) is 12.3. The zero-order valence-electron chi connectivity index (χ0n) is 9.05. The van der Waals surface area contributed by atoms with Crippen molar-refractivity contribution in [2.45, 2.75) is 18.3 Å². The lowest BCUT2D eigenvalue weighted by molar-refractivity contribution is -0.106. The highest BCUT2D eigenvalue weighted by Crippen LogP contribution is 2.39. The SMILES string of the molecule is NC1=CNC(N)(C2CCOC2)C(C(F)(F)F)=C1. The second-order valence-electron chi connectivity index (χ2n) is 4.27. The number of hydrogen-bond acceptors (Lipinski definition) is 4. The number of ether oxygens (including phenoxy) is 1. The summed E-state index contributed by atoms with van der Waals surface area (Å²) in [6.45, 7) is 0.639. The molecular formula is C10H14F3N3O. The van der Waals surface area contributed by atoms with Crippen LogP contribution in [0.3, 0.4) is 0 Å². The minimum Gasteiger partial charge on any atom is -0.398 e. The average Bonchev–Trinajstić information content (AvgIpc) is 2.74. The molecule has 0 saturated carbocycles. The van der Waals surface area contributed by atoms with Crippen molar-refractivity contribution >= 4 is 0 Å². The van der Waals surface area contributed by atoms with Gasteiger partial charge in [-0.2, -0.15) is 13.2 Å². The molecule has 17 heavy (non-hydrogen) atoms. The summed E-state index contributed by atoms with van der Waals surface area (Å²) in [4.78, 5) is 0. The molecule has 0 bridgehead atoms. The maximum absolute atomic E-state index is 13.0. The molecule has 1 fully saturated rings. The normalized spacial score (nSPS) is 34.0. The van der Waals surface area contributed by atoms with E-state index < -0.39 is 23.3 Å². The molecule has 2 heterocycles. The summed E-state index contributed by atoms with van der Waals surface area (Å²) in [5, 5.41) is 2.57.